The molecular weight excluding hydrogens is 298 g/mol. The Morgan fingerprint density at radius 2 is 2.22 bits per heavy atom. The molecule has 23 heavy (non-hydrogen) atoms. The largest absolute Gasteiger partial charge is 0.496 e. The smallest absolute Gasteiger partial charge is 0.325 e. The number of hydrogen-bond donors (Lipinski definition) is 2. The molecule has 0 spiro atoms. The van der Waals surface area contributed by atoms with Gasteiger partial charge in [-0.3, -0.25) is 4.79 Å². The van der Waals surface area contributed by atoms with Crippen molar-refractivity contribution >= 4 is 22.8 Å². The van der Waals surface area contributed by atoms with E-state index in [1.54, 1.807) is 19.4 Å². The lowest BCUT2D eigenvalue weighted by Crippen LogP contribution is -2.14. The van der Waals surface area contributed by atoms with Crippen LogP contribution in [0.5, 0.6) is 5.75 Å². The van der Waals surface area contributed by atoms with Crippen molar-refractivity contribution in [1.82, 2.24) is 19.9 Å². The third kappa shape index (κ3) is 3.05. The number of carbonyl (C=O) groups excluding carboxylic acids is 1. The summed E-state index contributed by atoms with van der Waals surface area (Å²) in [6.07, 6.45) is 3.10. The summed E-state index contributed by atoms with van der Waals surface area (Å²) < 4.78 is 10.0. The van der Waals surface area contributed by atoms with Gasteiger partial charge in [0.05, 0.1) is 26.0 Å². The van der Waals surface area contributed by atoms with Crippen LogP contribution in [-0.4, -0.2) is 46.7 Å². The molecule has 8 nitrogen and oxygen atoms in total. The van der Waals surface area contributed by atoms with Crippen LogP contribution in [0.15, 0.2) is 30.7 Å². The fourth-order valence-electron chi connectivity index (χ4n) is 2.13. The molecule has 118 valence electrons. The summed E-state index contributed by atoms with van der Waals surface area (Å²) in [6, 6.07) is 5.47. The van der Waals surface area contributed by atoms with Gasteiger partial charge in [-0.05, 0) is 12.1 Å². The van der Waals surface area contributed by atoms with Gasteiger partial charge in [-0.25, -0.2) is 15.0 Å². The van der Waals surface area contributed by atoms with Crippen LogP contribution in [-0.2, 0) is 9.53 Å². The van der Waals surface area contributed by atoms with Crippen LogP contribution >= 0.6 is 0 Å². The number of esters is 1. The van der Waals surface area contributed by atoms with Gasteiger partial charge < -0.3 is 19.8 Å². The highest BCUT2D eigenvalue weighted by molar-refractivity contribution is 5.79. The Labute approximate surface area is 131 Å². The van der Waals surface area contributed by atoms with E-state index in [2.05, 4.69) is 30.0 Å². The molecule has 2 N–H and O–H groups in total. The molecular formula is C15H15N5O3. The molecule has 0 saturated carbocycles. The highest BCUT2D eigenvalue weighted by Crippen LogP contribution is 2.31. The van der Waals surface area contributed by atoms with Crippen molar-refractivity contribution in [2.45, 2.75) is 0 Å². The molecule has 0 bridgehead atoms. The van der Waals surface area contributed by atoms with E-state index in [1.807, 2.05) is 12.1 Å². The van der Waals surface area contributed by atoms with Gasteiger partial charge in [0, 0.05) is 11.8 Å². The maximum atomic E-state index is 11.2. The zero-order valence-electron chi connectivity index (χ0n) is 12.7. The number of anilines is 1. The van der Waals surface area contributed by atoms with Crippen molar-refractivity contribution in [3.63, 3.8) is 0 Å². The molecule has 2 aromatic heterocycles. The molecule has 8 heteroatoms. The van der Waals surface area contributed by atoms with E-state index in [0.717, 1.165) is 11.3 Å². The molecule has 0 radical (unpaired) electrons. The Bertz CT molecular complexity index is 813. The molecule has 0 aliphatic carbocycles. The number of nitrogens with zero attached hydrogens (tertiary/aromatic N) is 3. The molecule has 0 saturated heterocycles. The summed E-state index contributed by atoms with van der Waals surface area (Å²) in [5.74, 6) is 0.910. The number of benzene rings is 1. The second-order valence-electron chi connectivity index (χ2n) is 4.69. The number of methoxy groups -OCH3 is 2. The molecule has 0 aliphatic rings. The molecule has 3 rings (SSSR count). The minimum absolute atomic E-state index is 0.0826. The Balaban J connectivity index is 1.91. The van der Waals surface area contributed by atoms with Gasteiger partial charge >= 0.3 is 5.97 Å². The lowest BCUT2D eigenvalue weighted by atomic mass is 10.1. The molecule has 2 heterocycles. The fourth-order valence-corrected chi connectivity index (χ4v) is 2.13. The number of carbonyl (C=O) groups is 1. The van der Waals surface area contributed by atoms with Gasteiger partial charge in [-0.1, -0.05) is 0 Å². The van der Waals surface area contributed by atoms with E-state index in [4.69, 9.17) is 4.74 Å². The van der Waals surface area contributed by atoms with Crippen molar-refractivity contribution in [2.75, 3.05) is 26.1 Å². The lowest BCUT2D eigenvalue weighted by Gasteiger charge is -2.10. The summed E-state index contributed by atoms with van der Waals surface area (Å²) in [5.41, 5.74) is 2.86. The highest BCUT2D eigenvalue weighted by atomic mass is 16.5. The van der Waals surface area contributed by atoms with Crippen LogP contribution in [0.4, 0.5) is 5.69 Å². The SMILES string of the molecule is COC(=O)CNc1ccc(-c2nc3cncnc3[nH]2)c(OC)c1. The highest BCUT2D eigenvalue weighted by Gasteiger charge is 2.12. The topological polar surface area (TPSA) is 102 Å². The number of fused-ring (bicyclic) bond motifs is 1. The van der Waals surface area contributed by atoms with Gasteiger partial charge in [0.25, 0.3) is 0 Å². The number of hydrogen-bond acceptors (Lipinski definition) is 7. The lowest BCUT2D eigenvalue weighted by molar-refractivity contribution is -0.138. The van der Waals surface area contributed by atoms with E-state index >= 15 is 0 Å². The zero-order chi connectivity index (χ0) is 16.2. The molecule has 0 unspecified atom stereocenters. The molecule has 0 amide bonds. The van der Waals surface area contributed by atoms with Crippen LogP contribution < -0.4 is 10.1 Å². The number of aromatic amines is 1. The number of H-pyrrole nitrogens is 1. The second-order valence-corrected chi connectivity index (χ2v) is 4.69. The minimum Gasteiger partial charge on any atom is -0.496 e. The predicted molar refractivity (Wildman–Crippen MR) is 84.2 cm³/mol. The molecule has 0 aliphatic heterocycles. The monoisotopic (exact) mass is 313 g/mol. The Morgan fingerprint density at radius 1 is 1.35 bits per heavy atom. The van der Waals surface area contributed by atoms with Crippen LogP contribution in [0.3, 0.4) is 0 Å². The molecule has 3 aromatic rings. The Hall–Kier alpha value is -3.16. The Kier molecular flexibility index (Phi) is 4.05. The number of nitrogens with one attached hydrogen (secondary N) is 2. The summed E-state index contributed by atoms with van der Waals surface area (Å²) in [5, 5.41) is 2.97. The zero-order valence-corrected chi connectivity index (χ0v) is 12.7. The summed E-state index contributed by atoms with van der Waals surface area (Å²) in [4.78, 5) is 26.8. The van der Waals surface area contributed by atoms with Crippen molar-refractivity contribution in [2.24, 2.45) is 0 Å². The van der Waals surface area contributed by atoms with Crippen molar-refractivity contribution in [3.8, 4) is 17.1 Å². The van der Waals surface area contributed by atoms with E-state index in [-0.39, 0.29) is 12.5 Å². The summed E-state index contributed by atoms with van der Waals surface area (Å²) in [7, 11) is 2.92. The van der Waals surface area contributed by atoms with Gasteiger partial charge in [0.15, 0.2) is 5.65 Å². The van der Waals surface area contributed by atoms with Gasteiger partial charge in [-0.2, -0.15) is 0 Å². The van der Waals surface area contributed by atoms with Crippen molar-refractivity contribution < 1.29 is 14.3 Å². The van der Waals surface area contributed by atoms with Crippen molar-refractivity contribution in [3.05, 3.63) is 30.7 Å². The van der Waals surface area contributed by atoms with Crippen LogP contribution in [0.2, 0.25) is 0 Å². The molecule has 0 fully saturated rings. The first-order valence-electron chi connectivity index (χ1n) is 6.86. The van der Waals surface area contributed by atoms with Gasteiger partial charge in [0.2, 0.25) is 0 Å². The first-order chi connectivity index (χ1) is 11.2. The first kappa shape index (κ1) is 14.8. The fraction of sp³-hybridized carbons (Fsp3) is 0.200. The quantitative estimate of drug-likeness (QED) is 0.690. The normalized spacial score (nSPS) is 10.5. The first-order valence-corrected chi connectivity index (χ1v) is 6.86. The molecule has 0 atom stereocenters. The van der Waals surface area contributed by atoms with Gasteiger partial charge in [-0.15, -0.1) is 0 Å². The van der Waals surface area contributed by atoms with Crippen LogP contribution in [0.1, 0.15) is 0 Å². The van der Waals surface area contributed by atoms with Crippen molar-refractivity contribution in [1.29, 1.82) is 0 Å². The van der Waals surface area contributed by atoms with Gasteiger partial charge in [0.1, 0.15) is 30.0 Å². The Morgan fingerprint density at radius 3 is 2.96 bits per heavy atom. The molecule has 1 aromatic carbocycles. The standard InChI is InChI=1S/C15H15N5O3/c1-22-12-5-9(17-7-13(21)23-2)3-4-10(12)14-19-11-6-16-8-18-15(11)20-14/h3-6,8,17H,7H2,1-2H3,(H,16,18,19,20). The van der Waals surface area contributed by atoms with E-state index in [0.29, 0.717) is 22.7 Å². The maximum Gasteiger partial charge on any atom is 0.325 e. The minimum atomic E-state index is -0.344. The van der Waals surface area contributed by atoms with E-state index in [1.165, 1.54) is 13.4 Å². The average molecular weight is 313 g/mol. The number of rotatable bonds is 5. The number of aromatic nitrogens is 4. The van der Waals surface area contributed by atoms with E-state index in [9.17, 15) is 4.79 Å². The second kappa shape index (κ2) is 6.30. The number of imidazole rings is 1. The third-order valence-corrected chi connectivity index (χ3v) is 3.28. The number of ether oxygens (including phenoxy) is 2. The average Bonchev–Trinajstić information content (AvgIpc) is 3.03. The summed E-state index contributed by atoms with van der Waals surface area (Å²) in [6.45, 7) is 0.0826. The third-order valence-electron chi connectivity index (χ3n) is 3.28. The summed E-state index contributed by atoms with van der Waals surface area (Å²) >= 11 is 0. The van der Waals surface area contributed by atoms with Crippen LogP contribution in [0, 0.1) is 0 Å². The van der Waals surface area contributed by atoms with E-state index < -0.39 is 0 Å². The van der Waals surface area contributed by atoms with Crippen LogP contribution in [0.25, 0.3) is 22.6 Å². The predicted octanol–water partition coefficient (Wildman–Crippen LogP) is 1.61. The maximum absolute atomic E-state index is 11.2.